The number of benzene rings is 2. The third-order valence-electron chi connectivity index (χ3n) is 4.48. The molecule has 1 fully saturated rings. The van der Waals surface area contributed by atoms with Crippen molar-refractivity contribution in [1.82, 2.24) is 4.90 Å². The molecular formula is C20H21NO4. The van der Waals surface area contributed by atoms with E-state index in [0.717, 1.165) is 11.1 Å². The number of carbonyl (C=O) groups excluding carboxylic acids is 2. The van der Waals surface area contributed by atoms with Crippen LogP contribution in [0.1, 0.15) is 11.1 Å². The zero-order chi connectivity index (χ0) is 17.7. The van der Waals surface area contributed by atoms with Gasteiger partial charge in [-0.1, -0.05) is 60.7 Å². The summed E-state index contributed by atoms with van der Waals surface area (Å²) in [5.74, 6) is -0.567. The van der Waals surface area contributed by atoms with Crippen molar-refractivity contribution in [2.75, 3.05) is 26.7 Å². The number of esters is 2. The molecule has 0 N–H and O–H groups in total. The summed E-state index contributed by atoms with van der Waals surface area (Å²) >= 11 is 0. The second kappa shape index (κ2) is 7.49. The number of ether oxygens (including phenoxy) is 2. The number of hydrogen-bond donors (Lipinski definition) is 0. The minimum atomic E-state index is -0.699. The van der Waals surface area contributed by atoms with E-state index in [0.29, 0.717) is 13.1 Å². The van der Waals surface area contributed by atoms with Gasteiger partial charge in [-0.25, -0.2) is 0 Å². The monoisotopic (exact) mass is 339 g/mol. The Kier molecular flexibility index (Phi) is 5.14. The minimum Gasteiger partial charge on any atom is -0.468 e. The molecule has 0 amide bonds. The molecule has 0 atom stereocenters. The first kappa shape index (κ1) is 17.2. The summed E-state index contributed by atoms with van der Waals surface area (Å²) in [6.07, 6.45) is 0. The van der Waals surface area contributed by atoms with Crippen LogP contribution in [0.4, 0.5) is 0 Å². The van der Waals surface area contributed by atoms with Gasteiger partial charge in [0.1, 0.15) is 12.0 Å². The zero-order valence-electron chi connectivity index (χ0n) is 14.2. The standard InChI is InChI=1S/C20H21NO4/c1-24-19(23)20(17-10-6-3-7-11-17)14-21(15-20)12-18(22)25-13-16-8-4-2-5-9-16/h2-11H,12-15H2,1H3. The smallest absolute Gasteiger partial charge is 0.320 e. The molecule has 25 heavy (non-hydrogen) atoms. The van der Waals surface area contributed by atoms with E-state index in [1.54, 1.807) is 0 Å². The van der Waals surface area contributed by atoms with Crippen LogP contribution < -0.4 is 0 Å². The molecule has 0 saturated carbocycles. The van der Waals surface area contributed by atoms with Gasteiger partial charge in [0.25, 0.3) is 0 Å². The van der Waals surface area contributed by atoms with Gasteiger partial charge < -0.3 is 9.47 Å². The average Bonchev–Trinajstić information content (AvgIpc) is 2.63. The highest BCUT2D eigenvalue weighted by atomic mass is 16.5. The summed E-state index contributed by atoms with van der Waals surface area (Å²) in [6, 6.07) is 19.1. The maximum atomic E-state index is 12.3. The normalized spacial score (nSPS) is 15.9. The molecule has 1 heterocycles. The van der Waals surface area contributed by atoms with Gasteiger partial charge in [-0.05, 0) is 11.1 Å². The molecule has 0 unspecified atom stereocenters. The number of methoxy groups -OCH3 is 1. The van der Waals surface area contributed by atoms with Gasteiger partial charge in [-0.15, -0.1) is 0 Å². The molecule has 5 nitrogen and oxygen atoms in total. The third kappa shape index (κ3) is 3.72. The van der Waals surface area contributed by atoms with Crippen molar-refractivity contribution in [1.29, 1.82) is 0 Å². The zero-order valence-corrected chi connectivity index (χ0v) is 14.2. The molecule has 0 bridgehead atoms. The number of hydrogen-bond acceptors (Lipinski definition) is 5. The minimum absolute atomic E-state index is 0.165. The van der Waals surface area contributed by atoms with Crippen LogP contribution in [0, 0.1) is 0 Å². The fraction of sp³-hybridized carbons (Fsp3) is 0.300. The second-order valence-corrected chi connectivity index (χ2v) is 6.23. The molecule has 2 aromatic rings. The van der Waals surface area contributed by atoms with Gasteiger partial charge in [0.2, 0.25) is 0 Å². The Hall–Kier alpha value is -2.66. The number of rotatable bonds is 6. The molecule has 3 rings (SSSR count). The summed E-state index contributed by atoms with van der Waals surface area (Å²) in [5.41, 5.74) is 1.17. The van der Waals surface area contributed by atoms with Crippen LogP contribution in [0.2, 0.25) is 0 Å². The second-order valence-electron chi connectivity index (χ2n) is 6.23. The predicted molar refractivity (Wildman–Crippen MR) is 92.8 cm³/mol. The SMILES string of the molecule is COC(=O)C1(c2ccccc2)CN(CC(=O)OCc2ccccc2)C1. The maximum absolute atomic E-state index is 12.3. The highest BCUT2D eigenvalue weighted by Crippen LogP contribution is 2.35. The van der Waals surface area contributed by atoms with E-state index in [-0.39, 0.29) is 25.1 Å². The van der Waals surface area contributed by atoms with Crippen LogP contribution in [0.25, 0.3) is 0 Å². The Morgan fingerprint density at radius 1 is 1.00 bits per heavy atom. The van der Waals surface area contributed by atoms with E-state index in [2.05, 4.69) is 0 Å². The average molecular weight is 339 g/mol. The van der Waals surface area contributed by atoms with E-state index >= 15 is 0 Å². The molecule has 0 aromatic heterocycles. The summed E-state index contributed by atoms with van der Waals surface area (Å²) in [7, 11) is 1.39. The Labute approximate surface area is 147 Å². The lowest BCUT2D eigenvalue weighted by Gasteiger charge is -2.47. The molecule has 1 aliphatic rings. The van der Waals surface area contributed by atoms with Gasteiger partial charge in [-0.2, -0.15) is 0 Å². The van der Waals surface area contributed by atoms with Crippen molar-refractivity contribution in [2.45, 2.75) is 12.0 Å². The van der Waals surface area contributed by atoms with Gasteiger partial charge >= 0.3 is 11.9 Å². The number of nitrogens with zero attached hydrogens (tertiary/aromatic N) is 1. The van der Waals surface area contributed by atoms with Crippen LogP contribution in [-0.2, 0) is 31.1 Å². The van der Waals surface area contributed by atoms with Crippen molar-refractivity contribution < 1.29 is 19.1 Å². The van der Waals surface area contributed by atoms with Crippen molar-refractivity contribution in [3.8, 4) is 0 Å². The highest BCUT2D eigenvalue weighted by Gasteiger charge is 2.51. The van der Waals surface area contributed by atoms with Gasteiger partial charge in [0.05, 0.1) is 13.7 Å². The molecule has 0 radical (unpaired) electrons. The Balaban J connectivity index is 1.56. The summed E-state index contributed by atoms with van der Waals surface area (Å²) in [6.45, 7) is 1.32. The summed E-state index contributed by atoms with van der Waals surface area (Å²) in [4.78, 5) is 26.2. The third-order valence-corrected chi connectivity index (χ3v) is 4.48. The summed E-state index contributed by atoms with van der Waals surface area (Å²) in [5, 5.41) is 0. The largest absolute Gasteiger partial charge is 0.468 e. The van der Waals surface area contributed by atoms with Crippen molar-refractivity contribution in [2.24, 2.45) is 0 Å². The fourth-order valence-electron chi connectivity index (χ4n) is 3.18. The van der Waals surface area contributed by atoms with Gasteiger partial charge in [0, 0.05) is 13.1 Å². The van der Waals surface area contributed by atoms with Crippen LogP contribution in [0.5, 0.6) is 0 Å². The van der Waals surface area contributed by atoms with Gasteiger partial charge in [-0.3, -0.25) is 14.5 Å². The maximum Gasteiger partial charge on any atom is 0.320 e. The van der Waals surface area contributed by atoms with E-state index in [1.807, 2.05) is 65.6 Å². The van der Waals surface area contributed by atoms with Crippen molar-refractivity contribution in [3.63, 3.8) is 0 Å². The highest BCUT2D eigenvalue weighted by molar-refractivity contribution is 5.85. The lowest BCUT2D eigenvalue weighted by molar-refractivity contribution is -0.160. The van der Waals surface area contributed by atoms with E-state index in [1.165, 1.54) is 7.11 Å². The molecular weight excluding hydrogens is 318 g/mol. The molecule has 5 heteroatoms. The Bertz CT molecular complexity index is 724. The molecule has 0 aliphatic carbocycles. The molecule has 1 aliphatic heterocycles. The topological polar surface area (TPSA) is 55.8 Å². The van der Waals surface area contributed by atoms with Crippen LogP contribution in [0.3, 0.4) is 0 Å². The van der Waals surface area contributed by atoms with Crippen molar-refractivity contribution in [3.05, 3.63) is 71.8 Å². The first-order valence-corrected chi connectivity index (χ1v) is 8.20. The lowest BCUT2D eigenvalue weighted by Crippen LogP contribution is -2.64. The van der Waals surface area contributed by atoms with Gasteiger partial charge in [0.15, 0.2) is 0 Å². The quantitative estimate of drug-likeness (QED) is 0.755. The van der Waals surface area contributed by atoms with Crippen molar-refractivity contribution >= 4 is 11.9 Å². The van der Waals surface area contributed by atoms with E-state index in [4.69, 9.17) is 9.47 Å². The first-order chi connectivity index (χ1) is 12.1. The molecule has 0 spiro atoms. The molecule has 130 valence electrons. The Morgan fingerprint density at radius 3 is 2.20 bits per heavy atom. The molecule has 2 aromatic carbocycles. The molecule has 1 saturated heterocycles. The Morgan fingerprint density at radius 2 is 1.60 bits per heavy atom. The lowest BCUT2D eigenvalue weighted by atomic mass is 9.73. The summed E-state index contributed by atoms with van der Waals surface area (Å²) < 4.78 is 10.3. The fourth-order valence-corrected chi connectivity index (χ4v) is 3.18. The van der Waals surface area contributed by atoms with Crippen LogP contribution in [0.15, 0.2) is 60.7 Å². The number of carbonyl (C=O) groups is 2. The van der Waals surface area contributed by atoms with Crippen LogP contribution >= 0.6 is 0 Å². The van der Waals surface area contributed by atoms with E-state index < -0.39 is 5.41 Å². The van der Waals surface area contributed by atoms with E-state index in [9.17, 15) is 9.59 Å². The number of likely N-dealkylation sites (tertiary alicyclic amines) is 1. The van der Waals surface area contributed by atoms with Crippen LogP contribution in [-0.4, -0.2) is 43.6 Å². The predicted octanol–water partition coefficient (Wildman–Crippen LogP) is 2.16. The first-order valence-electron chi connectivity index (χ1n) is 8.20.